The normalized spacial score (nSPS) is 15.9. The first-order chi connectivity index (χ1) is 12.4. The number of rotatable bonds is 4. The van der Waals surface area contributed by atoms with Crippen LogP contribution in [0.5, 0.6) is 5.75 Å². The van der Waals surface area contributed by atoms with E-state index in [1.807, 2.05) is 51.1 Å². The van der Waals surface area contributed by atoms with Crippen molar-refractivity contribution >= 4 is 17.5 Å². The SMILES string of the molecule is COc1cccc(N2CCN(C(=O)[C@@H](C)n3nc(C)cc3C)CC2=O)c1. The number of methoxy groups -OCH3 is 1. The lowest BCUT2D eigenvalue weighted by Crippen LogP contribution is -2.53. The summed E-state index contributed by atoms with van der Waals surface area (Å²) in [7, 11) is 1.60. The number of hydrogen-bond acceptors (Lipinski definition) is 4. The molecule has 1 aliphatic rings. The predicted molar refractivity (Wildman–Crippen MR) is 98.3 cm³/mol. The van der Waals surface area contributed by atoms with E-state index in [0.29, 0.717) is 18.8 Å². The summed E-state index contributed by atoms with van der Waals surface area (Å²) < 4.78 is 6.94. The van der Waals surface area contributed by atoms with Gasteiger partial charge in [0.2, 0.25) is 11.8 Å². The fourth-order valence-electron chi connectivity index (χ4n) is 3.32. The van der Waals surface area contributed by atoms with Crippen LogP contribution in [0.4, 0.5) is 5.69 Å². The number of carbonyl (C=O) groups is 2. The summed E-state index contributed by atoms with van der Waals surface area (Å²) in [6, 6.07) is 8.90. The summed E-state index contributed by atoms with van der Waals surface area (Å²) in [5.74, 6) is 0.514. The van der Waals surface area contributed by atoms with Crippen molar-refractivity contribution in [2.45, 2.75) is 26.8 Å². The fraction of sp³-hybridized carbons (Fsp3) is 0.421. The second kappa shape index (κ2) is 7.19. The van der Waals surface area contributed by atoms with Gasteiger partial charge < -0.3 is 14.5 Å². The quantitative estimate of drug-likeness (QED) is 0.840. The third-order valence-electron chi connectivity index (χ3n) is 4.67. The van der Waals surface area contributed by atoms with Crippen molar-refractivity contribution in [1.29, 1.82) is 0 Å². The molecule has 0 unspecified atom stereocenters. The third-order valence-corrected chi connectivity index (χ3v) is 4.67. The fourth-order valence-corrected chi connectivity index (χ4v) is 3.32. The Labute approximate surface area is 153 Å². The van der Waals surface area contributed by atoms with Gasteiger partial charge in [0.15, 0.2) is 0 Å². The Morgan fingerprint density at radius 1 is 1.23 bits per heavy atom. The van der Waals surface area contributed by atoms with Gasteiger partial charge in [0.25, 0.3) is 0 Å². The minimum Gasteiger partial charge on any atom is -0.497 e. The van der Waals surface area contributed by atoms with Crippen molar-refractivity contribution in [1.82, 2.24) is 14.7 Å². The van der Waals surface area contributed by atoms with E-state index < -0.39 is 6.04 Å². The molecule has 2 aromatic rings. The molecular weight excluding hydrogens is 332 g/mol. The molecule has 0 radical (unpaired) electrons. The molecule has 0 bridgehead atoms. The van der Waals surface area contributed by atoms with Crippen molar-refractivity contribution in [2.24, 2.45) is 0 Å². The maximum Gasteiger partial charge on any atom is 0.247 e. The zero-order valence-corrected chi connectivity index (χ0v) is 15.6. The van der Waals surface area contributed by atoms with E-state index >= 15 is 0 Å². The molecule has 1 saturated heterocycles. The molecule has 3 rings (SSSR count). The van der Waals surface area contributed by atoms with Crippen LogP contribution in [0.3, 0.4) is 0 Å². The Morgan fingerprint density at radius 3 is 2.62 bits per heavy atom. The molecule has 0 aliphatic carbocycles. The summed E-state index contributed by atoms with van der Waals surface area (Å²) in [4.78, 5) is 28.7. The topological polar surface area (TPSA) is 67.7 Å². The molecule has 138 valence electrons. The second-order valence-corrected chi connectivity index (χ2v) is 6.55. The third kappa shape index (κ3) is 3.42. The first-order valence-corrected chi connectivity index (χ1v) is 8.66. The summed E-state index contributed by atoms with van der Waals surface area (Å²) >= 11 is 0. The number of aromatic nitrogens is 2. The number of anilines is 1. The molecule has 1 atom stereocenters. The van der Waals surface area contributed by atoms with E-state index in [-0.39, 0.29) is 18.4 Å². The monoisotopic (exact) mass is 356 g/mol. The van der Waals surface area contributed by atoms with Gasteiger partial charge in [-0.05, 0) is 39.0 Å². The number of amides is 2. The summed E-state index contributed by atoms with van der Waals surface area (Å²) in [6.07, 6.45) is 0. The molecule has 1 aromatic carbocycles. The predicted octanol–water partition coefficient (Wildman–Crippen LogP) is 1.94. The van der Waals surface area contributed by atoms with Gasteiger partial charge >= 0.3 is 0 Å². The Bertz CT molecular complexity index is 830. The highest BCUT2D eigenvalue weighted by Crippen LogP contribution is 2.23. The zero-order chi connectivity index (χ0) is 18.8. The van der Waals surface area contributed by atoms with Crippen LogP contribution >= 0.6 is 0 Å². The molecule has 2 heterocycles. The minimum absolute atomic E-state index is 0.0691. The molecular formula is C19H24N4O3. The van der Waals surface area contributed by atoms with E-state index in [1.54, 1.807) is 21.6 Å². The van der Waals surface area contributed by atoms with Crippen molar-refractivity contribution in [3.05, 3.63) is 41.7 Å². The molecule has 26 heavy (non-hydrogen) atoms. The second-order valence-electron chi connectivity index (χ2n) is 6.55. The molecule has 0 saturated carbocycles. The van der Waals surface area contributed by atoms with Crippen molar-refractivity contribution in [2.75, 3.05) is 31.6 Å². The number of nitrogens with zero attached hydrogens (tertiary/aromatic N) is 4. The molecule has 7 nitrogen and oxygen atoms in total. The Kier molecular flexibility index (Phi) is 4.97. The van der Waals surface area contributed by atoms with Crippen molar-refractivity contribution < 1.29 is 14.3 Å². The summed E-state index contributed by atoms with van der Waals surface area (Å²) in [5.41, 5.74) is 2.60. The van der Waals surface area contributed by atoms with Crippen molar-refractivity contribution in [3.63, 3.8) is 0 Å². The van der Waals surface area contributed by atoms with E-state index in [2.05, 4.69) is 5.10 Å². The number of carbonyl (C=O) groups excluding carboxylic acids is 2. The largest absolute Gasteiger partial charge is 0.497 e. The van der Waals surface area contributed by atoms with Crippen LogP contribution in [0.25, 0.3) is 0 Å². The molecule has 0 N–H and O–H groups in total. The first-order valence-electron chi connectivity index (χ1n) is 8.66. The maximum atomic E-state index is 12.8. The first kappa shape index (κ1) is 18.0. The molecule has 7 heteroatoms. The van der Waals surface area contributed by atoms with Gasteiger partial charge in [0.05, 0.1) is 12.8 Å². The van der Waals surface area contributed by atoms with Gasteiger partial charge in [-0.2, -0.15) is 5.10 Å². The lowest BCUT2D eigenvalue weighted by molar-refractivity contribution is -0.139. The molecule has 0 spiro atoms. The lowest BCUT2D eigenvalue weighted by atomic mass is 10.2. The van der Waals surface area contributed by atoms with Crippen molar-refractivity contribution in [3.8, 4) is 5.75 Å². The minimum atomic E-state index is -0.431. The van der Waals surface area contributed by atoms with Gasteiger partial charge in [-0.1, -0.05) is 6.07 Å². The highest BCUT2D eigenvalue weighted by molar-refractivity contribution is 5.98. The van der Waals surface area contributed by atoms with Gasteiger partial charge in [-0.15, -0.1) is 0 Å². The smallest absolute Gasteiger partial charge is 0.247 e. The average molecular weight is 356 g/mol. The van der Waals surface area contributed by atoms with Crippen LogP contribution in [0.1, 0.15) is 24.4 Å². The van der Waals surface area contributed by atoms with E-state index in [0.717, 1.165) is 17.1 Å². The van der Waals surface area contributed by atoms with Crippen LogP contribution in [-0.4, -0.2) is 53.2 Å². The lowest BCUT2D eigenvalue weighted by Gasteiger charge is -2.35. The highest BCUT2D eigenvalue weighted by atomic mass is 16.5. The van der Waals surface area contributed by atoms with Gasteiger partial charge in [-0.25, -0.2) is 0 Å². The van der Waals surface area contributed by atoms with Gasteiger partial charge in [0, 0.05) is 30.5 Å². The molecule has 2 amide bonds. The summed E-state index contributed by atoms with van der Waals surface area (Å²) in [6.45, 7) is 6.67. The number of aryl methyl sites for hydroxylation is 2. The van der Waals surface area contributed by atoms with E-state index in [9.17, 15) is 9.59 Å². The van der Waals surface area contributed by atoms with Crippen LogP contribution in [0.15, 0.2) is 30.3 Å². The molecule has 1 aromatic heterocycles. The Hall–Kier alpha value is -2.83. The number of piperazine rings is 1. The van der Waals surface area contributed by atoms with Gasteiger partial charge in [-0.3, -0.25) is 14.3 Å². The zero-order valence-electron chi connectivity index (χ0n) is 15.6. The standard InChI is InChI=1S/C19H24N4O3/c1-13-10-14(2)23(20-13)15(3)19(25)21-8-9-22(18(24)12-21)16-6-5-7-17(11-16)26-4/h5-7,10-11,15H,8-9,12H2,1-4H3/t15-/m1/s1. The Morgan fingerprint density at radius 2 is 2.00 bits per heavy atom. The van der Waals surface area contributed by atoms with Crippen LogP contribution in [0.2, 0.25) is 0 Å². The summed E-state index contributed by atoms with van der Waals surface area (Å²) in [5, 5.41) is 4.39. The maximum absolute atomic E-state index is 12.8. The average Bonchev–Trinajstić information content (AvgIpc) is 2.98. The molecule has 1 aliphatic heterocycles. The van der Waals surface area contributed by atoms with E-state index in [4.69, 9.17) is 4.74 Å². The number of ether oxygens (including phenoxy) is 1. The number of benzene rings is 1. The van der Waals surface area contributed by atoms with Crippen LogP contribution in [-0.2, 0) is 9.59 Å². The molecule has 1 fully saturated rings. The van der Waals surface area contributed by atoms with E-state index in [1.165, 1.54) is 0 Å². The Balaban J connectivity index is 1.70. The number of hydrogen-bond donors (Lipinski definition) is 0. The van der Waals surface area contributed by atoms with Gasteiger partial charge in [0.1, 0.15) is 18.3 Å². The highest BCUT2D eigenvalue weighted by Gasteiger charge is 2.31. The van der Waals surface area contributed by atoms with Crippen LogP contribution in [0, 0.1) is 13.8 Å². The van der Waals surface area contributed by atoms with Crippen LogP contribution < -0.4 is 9.64 Å².